The van der Waals surface area contributed by atoms with E-state index >= 15 is 0 Å². The molecule has 8 heteroatoms. The number of H-pyrrole nitrogens is 1. The van der Waals surface area contributed by atoms with Crippen molar-refractivity contribution in [2.45, 2.75) is 12.8 Å². The third-order valence-electron chi connectivity index (χ3n) is 4.49. The summed E-state index contributed by atoms with van der Waals surface area (Å²) in [6.45, 7) is 3.18. The summed E-state index contributed by atoms with van der Waals surface area (Å²) >= 11 is 0. The Morgan fingerprint density at radius 3 is 3.00 bits per heavy atom. The number of hydrogen-bond acceptors (Lipinski definition) is 5. The number of rotatable bonds is 5. The van der Waals surface area contributed by atoms with Crippen molar-refractivity contribution in [3.63, 3.8) is 0 Å². The number of carboxylic acid groups (broad SMARTS) is 1. The van der Waals surface area contributed by atoms with Crippen LogP contribution in [0.1, 0.15) is 22.5 Å². The number of aromatic nitrogens is 2. The predicted molar refractivity (Wildman–Crippen MR) is 86.6 cm³/mol. The Kier molecular flexibility index (Phi) is 4.59. The lowest BCUT2D eigenvalue weighted by Crippen LogP contribution is -2.26. The number of aromatic carboxylic acids is 1. The average molecular weight is 334 g/mol. The number of nitrogens with one attached hydrogen (secondary N) is 1. The number of halogens is 1. The number of likely N-dealkylation sites (tertiary alicyclic amines) is 1. The monoisotopic (exact) mass is 334 g/mol. The van der Waals surface area contributed by atoms with E-state index < -0.39 is 22.8 Å². The second kappa shape index (κ2) is 6.66. The van der Waals surface area contributed by atoms with E-state index in [2.05, 4.69) is 14.9 Å². The van der Waals surface area contributed by atoms with Crippen LogP contribution in [0.2, 0.25) is 0 Å². The molecule has 1 unspecified atom stereocenters. The summed E-state index contributed by atoms with van der Waals surface area (Å²) < 4.78 is 14.2. The van der Waals surface area contributed by atoms with Crippen LogP contribution in [0.3, 0.4) is 0 Å². The molecule has 1 fully saturated rings. The van der Waals surface area contributed by atoms with Gasteiger partial charge in [-0.15, -0.1) is 0 Å². The molecule has 1 aliphatic heterocycles. The van der Waals surface area contributed by atoms with Crippen LogP contribution in [0.5, 0.6) is 0 Å². The summed E-state index contributed by atoms with van der Waals surface area (Å²) in [7, 11) is 0. The second-order valence-electron chi connectivity index (χ2n) is 6.09. The molecule has 0 radical (unpaired) electrons. The molecular weight excluding hydrogens is 315 g/mol. The third-order valence-corrected chi connectivity index (χ3v) is 4.49. The maximum atomic E-state index is 14.2. The van der Waals surface area contributed by atoms with Crippen LogP contribution in [-0.4, -0.2) is 52.1 Å². The highest BCUT2D eigenvalue weighted by Crippen LogP contribution is 2.17. The molecule has 1 atom stereocenters. The van der Waals surface area contributed by atoms with Crippen molar-refractivity contribution in [1.82, 2.24) is 14.9 Å². The first kappa shape index (κ1) is 16.5. The highest BCUT2D eigenvalue weighted by Gasteiger charge is 2.21. The summed E-state index contributed by atoms with van der Waals surface area (Å²) in [5, 5.41) is 8.89. The summed E-state index contributed by atoms with van der Waals surface area (Å²) in [5.74, 6) is -1.46. The number of pyridine rings is 2. The molecular formula is C16H19FN4O3. The molecule has 128 valence electrons. The molecule has 2 aromatic heterocycles. The van der Waals surface area contributed by atoms with Crippen LogP contribution in [0.4, 0.5) is 4.39 Å². The Morgan fingerprint density at radius 2 is 2.33 bits per heavy atom. The van der Waals surface area contributed by atoms with Gasteiger partial charge >= 0.3 is 5.97 Å². The van der Waals surface area contributed by atoms with Crippen LogP contribution in [0.25, 0.3) is 11.0 Å². The van der Waals surface area contributed by atoms with E-state index in [0.29, 0.717) is 25.4 Å². The van der Waals surface area contributed by atoms with E-state index in [-0.39, 0.29) is 16.7 Å². The minimum Gasteiger partial charge on any atom is -0.477 e. The molecule has 1 saturated heterocycles. The van der Waals surface area contributed by atoms with Crippen molar-refractivity contribution in [3.8, 4) is 0 Å². The highest BCUT2D eigenvalue weighted by molar-refractivity contribution is 5.91. The van der Waals surface area contributed by atoms with Crippen molar-refractivity contribution in [3.05, 3.63) is 39.6 Å². The van der Waals surface area contributed by atoms with Gasteiger partial charge in [0.2, 0.25) is 5.43 Å². The molecule has 1 aliphatic rings. The number of hydrogen-bond donors (Lipinski definition) is 3. The SMILES string of the molecule is NCC1CCN(CCc2nc3[nH]cc(C(=O)O)c(=O)c3cc2F)C1. The van der Waals surface area contributed by atoms with E-state index in [4.69, 9.17) is 10.8 Å². The fourth-order valence-electron chi connectivity index (χ4n) is 3.07. The fraction of sp³-hybridized carbons (Fsp3) is 0.438. The van der Waals surface area contributed by atoms with Crippen molar-refractivity contribution in [2.75, 3.05) is 26.2 Å². The summed E-state index contributed by atoms with van der Waals surface area (Å²) in [4.78, 5) is 32.1. The lowest BCUT2D eigenvalue weighted by Gasteiger charge is -2.15. The molecule has 3 rings (SSSR count). The fourth-order valence-corrected chi connectivity index (χ4v) is 3.07. The van der Waals surface area contributed by atoms with E-state index in [9.17, 15) is 14.0 Å². The van der Waals surface area contributed by atoms with Gasteiger partial charge in [-0.25, -0.2) is 14.2 Å². The lowest BCUT2D eigenvalue weighted by molar-refractivity contribution is 0.0695. The summed E-state index contributed by atoms with van der Waals surface area (Å²) in [6.07, 6.45) is 2.56. The molecule has 0 bridgehead atoms. The topological polar surface area (TPSA) is 112 Å². The second-order valence-corrected chi connectivity index (χ2v) is 6.09. The van der Waals surface area contributed by atoms with Crippen LogP contribution in [0, 0.1) is 11.7 Å². The number of fused-ring (bicyclic) bond motifs is 1. The van der Waals surface area contributed by atoms with Gasteiger partial charge in [-0.2, -0.15) is 0 Å². The van der Waals surface area contributed by atoms with Crippen LogP contribution in [-0.2, 0) is 6.42 Å². The van der Waals surface area contributed by atoms with E-state index in [1.165, 1.54) is 0 Å². The first-order valence-corrected chi connectivity index (χ1v) is 7.86. The van der Waals surface area contributed by atoms with Gasteiger partial charge in [0.25, 0.3) is 0 Å². The number of carboxylic acids is 1. The summed E-state index contributed by atoms with van der Waals surface area (Å²) in [6, 6.07) is 1.07. The van der Waals surface area contributed by atoms with Crippen molar-refractivity contribution < 1.29 is 14.3 Å². The Balaban J connectivity index is 1.82. The van der Waals surface area contributed by atoms with Gasteiger partial charge in [-0.1, -0.05) is 0 Å². The zero-order chi connectivity index (χ0) is 17.3. The molecule has 4 N–H and O–H groups in total. The van der Waals surface area contributed by atoms with Crippen molar-refractivity contribution in [2.24, 2.45) is 11.7 Å². The van der Waals surface area contributed by atoms with Crippen LogP contribution < -0.4 is 11.2 Å². The number of nitrogens with zero attached hydrogens (tertiary/aromatic N) is 2. The quantitative estimate of drug-likeness (QED) is 0.737. The maximum absolute atomic E-state index is 14.2. The molecule has 24 heavy (non-hydrogen) atoms. The predicted octanol–water partition coefficient (Wildman–Crippen LogP) is 0.583. The van der Waals surface area contributed by atoms with Crippen molar-refractivity contribution in [1.29, 1.82) is 0 Å². The highest BCUT2D eigenvalue weighted by atomic mass is 19.1. The summed E-state index contributed by atoms with van der Waals surface area (Å²) in [5.41, 5.74) is 4.96. The van der Waals surface area contributed by atoms with Gasteiger partial charge in [0.05, 0.1) is 11.1 Å². The molecule has 2 aromatic rings. The number of aromatic amines is 1. The number of carbonyl (C=O) groups is 1. The minimum absolute atomic E-state index is 0.0551. The van der Waals surface area contributed by atoms with E-state index in [0.717, 1.165) is 31.8 Å². The van der Waals surface area contributed by atoms with Gasteiger partial charge in [-0.3, -0.25) is 4.79 Å². The lowest BCUT2D eigenvalue weighted by atomic mass is 10.1. The first-order chi connectivity index (χ1) is 11.5. The minimum atomic E-state index is -1.36. The molecule has 0 aromatic carbocycles. The Morgan fingerprint density at radius 1 is 1.54 bits per heavy atom. The van der Waals surface area contributed by atoms with Crippen molar-refractivity contribution >= 4 is 17.0 Å². The van der Waals surface area contributed by atoms with Gasteiger partial charge in [0, 0.05) is 25.7 Å². The molecule has 0 spiro atoms. The zero-order valence-corrected chi connectivity index (χ0v) is 13.1. The molecule has 7 nitrogen and oxygen atoms in total. The van der Waals surface area contributed by atoms with E-state index in [1.54, 1.807) is 0 Å². The first-order valence-electron chi connectivity index (χ1n) is 7.86. The molecule has 0 saturated carbocycles. The van der Waals surface area contributed by atoms with Crippen LogP contribution >= 0.6 is 0 Å². The average Bonchev–Trinajstić information content (AvgIpc) is 3.01. The Hall–Kier alpha value is -2.32. The van der Waals surface area contributed by atoms with Gasteiger partial charge in [0.1, 0.15) is 17.0 Å². The van der Waals surface area contributed by atoms with E-state index in [1.807, 2.05) is 0 Å². The molecule has 3 heterocycles. The van der Waals surface area contributed by atoms with Crippen LogP contribution in [0.15, 0.2) is 17.1 Å². The van der Waals surface area contributed by atoms with Gasteiger partial charge in [-0.05, 0) is 31.5 Å². The van der Waals surface area contributed by atoms with Gasteiger partial charge < -0.3 is 20.7 Å². The number of nitrogens with two attached hydrogens (primary N) is 1. The van der Waals surface area contributed by atoms with Gasteiger partial charge in [0.15, 0.2) is 0 Å². The molecule has 0 aliphatic carbocycles. The standard InChI is InChI=1S/C16H19FN4O3/c17-12-5-10-14(22)11(16(23)24)7-19-15(10)20-13(12)2-4-21-3-1-9(6-18)8-21/h5,7,9H,1-4,6,8,18H2,(H,23,24)(H,19,20,22). The Labute approximate surface area is 137 Å². The zero-order valence-electron chi connectivity index (χ0n) is 13.1. The third kappa shape index (κ3) is 3.15. The molecule has 0 amide bonds. The smallest absolute Gasteiger partial charge is 0.341 e. The maximum Gasteiger partial charge on any atom is 0.341 e. The largest absolute Gasteiger partial charge is 0.477 e. The normalized spacial score (nSPS) is 18.3. The Bertz CT molecular complexity index is 836.